The van der Waals surface area contributed by atoms with E-state index in [1.807, 2.05) is 6.92 Å². The molecule has 0 aromatic rings. The second kappa shape index (κ2) is 11.2. The summed E-state index contributed by atoms with van der Waals surface area (Å²) < 4.78 is 4.58. The van der Waals surface area contributed by atoms with Crippen LogP contribution in [-0.2, 0) is 4.74 Å². The molecule has 0 heterocycles. The molecule has 0 spiro atoms. The zero-order valence-electron chi connectivity index (χ0n) is 5.83. The van der Waals surface area contributed by atoms with Crippen molar-refractivity contribution in [3.05, 3.63) is 0 Å². The maximum absolute atomic E-state index is 5.53. The summed E-state index contributed by atoms with van der Waals surface area (Å²) >= 11 is 1.24. The minimum atomic E-state index is -0.327. The molecular formula is C4H10Br3NOSn. The molecule has 0 aromatic carbocycles. The average Bonchev–Trinajstić information content (AvgIpc) is 1.68. The molecule has 10 heavy (non-hydrogen) atoms. The fraction of sp³-hybridized carbons (Fsp3) is 1.00. The third-order valence-electron chi connectivity index (χ3n) is 0.889. The van der Waals surface area contributed by atoms with E-state index in [0.717, 1.165) is 6.42 Å². The smallest absolute Gasteiger partial charge is 1.00 e. The van der Waals surface area contributed by atoms with E-state index < -0.39 is 0 Å². The molecule has 0 bridgehead atoms. The second-order valence-electron chi connectivity index (χ2n) is 1.45. The predicted octanol–water partition coefficient (Wildman–Crippen LogP) is -9.16. The van der Waals surface area contributed by atoms with Crippen LogP contribution in [0.5, 0.6) is 0 Å². The van der Waals surface area contributed by atoms with Crippen LogP contribution in [0.2, 0.25) is 0 Å². The Morgan fingerprint density at radius 1 is 1.40 bits per heavy atom. The van der Waals surface area contributed by atoms with Crippen molar-refractivity contribution in [2.24, 2.45) is 5.73 Å². The van der Waals surface area contributed by atoms with Gasteiger partial charge in [-0.25, -0.2) is 0 Å². The fourth-order valence-corrected chi connectivity index (χ4v) is 0.144. The molecule has 1 unspecified atom stereocenters. The first-order valence-electron chi connectivity index (χ1n) is 2.21. The molecular weight excluding hydrogens is 436 g/mol. The Kier molecular flexibility index (Phi) is 25.4. The Balaban J connectivity index is -0.0000000600. The molecule has 0 aliphatic rings. The van der Waals surface area contributed by atoms with Crippen LogP contribution >= 0.6 is 0 Å². The Morgan fingerprint density at radius 3 is 1.70 bits per heavy atom. The van der Waals surface area contributed by atoms with Gasteiger partial charge < -0.3 is 50.9 Å². The van der Waals surface area contributed by atoms with E-state index in [0.29, 0.717) is 0 Å². The standard InChI is InChI=1S/C4H10NO.3BrH.Sn/c1-3-4(5)6-2;;;;/h3,5H2,1-2H3;3*1H;/q;;;;+3/p-3. The summed E-state index contributed by atoms with van der Waals surface area (Å²) in [6.45, 7) is 2.01. The van der Waals surface area contributed by atoms with E-state index in [1.54, 1.807) is 7.11 Å². The second-order valence-corrected chi connectivity index (χ2v) is 3.86. The molecule has 0 saturated carbocycles. The minimum absolute atomic E-state index is 0. The van der Waals surface area contributed by atoms with E-state index in [9.17, 15) is 0 Å². The molecule has 0 aliphatic heterocycles. The molecule has 2 N–H and O–H groups in total. The number of methoxy groups -OCH3 is 1. The molecule has 0 radical (unpaired) electrons. The Hall–Kier alpha value is 2.16. The summed E-state index contributed by atoms with van der Waals surface area (Å²) in [7, 11) is 1.64. The Bertz CT molecular complexity index is 58.5. The van der Waals surface area contributed by atoms with Gasteiger partial charge in [0.05, 0.1) is 0 Å². The molecule has 0 aromatic heterocycles. The molecule has 2 nitrogen and oxygen atoms in total. The van der Waals surface area contributed by atoms with Crippen molar-refractivity contribution in [3.63, 3.8) is 0 Å². The monoisotopic (exact) mass is 445 g/mol. The summed E-state index contributed by atoms with van der Waals surface area (Å²) in [5, 5.41) is 0. The van der Waals surface area contributed by atoms with Gasteiger partial charge in [0.25, 0.3) is 0 Å². The van der Waals surface area contributed by atoms with Crippen LogP contribution in [0.15, 0.2) is 0 Å². The predicted molar refractivity (Wildman–Crippen MR) is 30.0 cm³/mol. The molecule has 0 aliphatic carbocycles. The number of ether oxygens (including phenoxy) is 1. The normalized spacial score (nSPS) is 13.3. The summed E-state index contributed by atoms with van der Waals surface area (Å²) in [5.41, 5.74) is 5.53. The van der Waals surface area contributed by atoms with Gasteiger partial charge in [0.15, 0.2) is 0 Å². The van der Waals surface area contributed by atoms with Crippen LogP contribution in [0.25, 0.3) is 0 Å². The van der Waals surface area contributed by atoms with E-state index in [-0.39, 0.29) is 54.7 Å². The molecule has 0 amide bonds. The third-order valence-corrected chi connectivity index (χ3v) is 2.48. The quantitative estimate of drug-likeness (QED) is 0.338. The summed E-state index contributed by atoms with van der Waals surface area (Å²) in [6.07, 6.45) is 0.891. The van der Waals surface area contributed by atoms with Crippen molar-refractivity contribution in [3.8, 4) is 0 Å². The largest absolute Gasteiger partial charge is 1.00 e. The van der Waals surface area contributed by atoms with Crippen molar-refractivity contribution in [2.45, 2.75) is 17.1 Å². The van der Waals surface area contributed by atoms with Crippen molar-refractivity contribution in [1.82, 2.24) is 0 Å². The van der Waals surface area contributed by atoms with Crippen LogP contribution in [0.4, 0.5) is 0 Å². The molecule has 6 heteroatoms. The summed E-state index contributed by atoms with van der Waals surface area (Å²) in [6, 6.07) is 0. The first-order chi connectivity index (χ1) is 3.12. The van der Waals surface area contributed by atoms with Gasteiger partial charge in [-0.15, -0.1) is 0 Å². The number of rotatable bonds is 2. The minimum Gasteiger partial charge on any atom is -1.00 e. The van der Waals surface area contributed by atoms with Crippen molar-refractivity contribution in [2.75, 3.05) is 7.11 Å². The number of nitrogens with two attached hydrogens (primary N) is 1. The van der Waals surface area contributed by atoms with Gasteiger partial charge in [-0.05, 0) is 0 Å². The maximum atomic E-state index is 5.53. The van der Waals surface area contributed by atoms with E-state index in [2.05, 4.69) is 0 Å². The van der Waals surface area contributed by atoms with Crippen LogP contribution < -0.4 is 56.7 Å². The summed E-state index contributed by atoms with van der Waals surface area (Å²) in [4.78, 5) is 0. The molecule has 0 saturated heterocycles. The Labute approximate surface area is 107 Å². The molecule has 0 rings (SSSR count). The van der Waals surface area contributed by atoms with Gasteiger partial charge >= 0.3 is 57.2 Å². The van der Waals surface area contributed by atoms with Gasteiger partial charge in [0.2, 0.25) is 0 Å². The topological polar surface area (TPSA) is 35.2 Å². The zero-order valence-corrected chi connectivity index (χ0v) is 13.4. The molecule has 1 atom stereocenters. The van der Waals surface area contributed by atoms with Crippen LogP contribution in [-0.4, -0.2) is 33.4 Å². The first kappa shape index (κ1) is 22.7. The SMILES string of the molecule is CC[C](N)([Sn+3])OC.[Br-].[Br-].[Br-]. The van der Waals surface area contributed by atoms with Crippen LogP contribution in [0, 0.1) is 0 Å². The number of hydrogen-bond acceptors (Lipinski definition) is 2. The van der Waals surface area contributed by atoms with Gasteiger partial charge in [-0.1, -0.05) is 0 Å². The van der Waals surface area contributed by atoms with E-state index >= 15 is 0 Å². The van der Waals surface area contributed by atoms with E-state index in [1.165, 1.54) is 22.5 Å². The van der Waals surface area contributed by atoms with Crippen LogP contribution in [0.1, 0.15) is 13.3 Å². The molecule has 0 fully saturated rings. The van der Waals surface area contributed by atoms with Crippen molar-refractivity contribution < 1.29 is 55.7 Å². The number of halogens is 3. The van der Waals surface area contributed by atoms with Gasteiger partial charge in [-0.2, -0.15) is 0 Å². The van der Waals surface area contributed by atoms with Gasteiger partial charge in [-0.3, -0.25) is 0 Å². The molecule has 62 valence electrons. The van der Waals surface area contributed by atoms with Crippen molar-refractivity contribution in [1.29, 1.82) is 0 Å². The average molecular weight is 447 g/mol. The third kappa shape index (κ3) is 12.8. The Morgan fingerprint density at radius 2 is 1.70 bits per heavy atom. The van der Waals surface area contributed by atoms with Gasteiger partial charge in [0.1, 0.15) is 0 Å². The first-order valence-corrected chi connectivity index (χ1v) is 3.64. The number of hydrogen-bond donors (Lipinski definition) is 1. The van der Waals surface area contributed by atoms with E-state index in [4.69, 9.17) is 10.5 Å². The summed E-state index contributed by atoms with van der Waals surface area (Å²) in [5.74, 6) is 0. The zero-order chi connectivity index (χ0) is 5.91. The van der Waals surface area contributed by atoms with Crippen molar-refractivity contribution >= 4 is 22.5 Å². The van der Waals surface area contributed by atoms with Gasteiger partial charge in [0, 0.05) is 0 Å². The maximum Gasteiger partial charge on any atom is -1.00 e. The fourth-order valence-electron chi connectivity index (χ4n) is 0.144. The van der Waals surface area contributed by atoms with Crippen LogP contribution in [0.3, 0.4) is 0 Å².